The molecule has 1 N–H and O–H groups in total. The molecular weight excluding hydrogens is 314 g/mol. The Balaban J connectivity index is 1.34. The van der Waals surface area contributed by atoms with Crippen LogP contribution >= 0.6 is 0 Å². The maximum atomic E-state index is 12.1. The largest absolute Gasteiger partial charge is 0.489 e. The van der Waals surface area contributed by atoms with E-state index >= 15 is 0 Å². The highest BCUT2D eigenvalue weighted by Gasteiger charge is 2.20. The molecule has 0 saturated heterocycles. The van der Waals surface area contributed by atoms with Gasteiger partial charge in [0.2, 0.25) is 0 Å². The molecule has 3 rings (SSSR count). The third-order valence-electron chi connectivity index (χ3n) is 4.17. The fraction of sp³-hybridized carbons (Fsp3) is 0.381. The maximum absolute atomic E-state index is 12.1. The van der Waals surface area contributed by atoms with Crippen LogP contribution in [-0.4, -0.2) is 25.7 Å². The number of para-hydroxylation sites is 1. The highest BCUT2D eigenvalue weighted by atomic mass is 16.5. The Labute approximate surface area is 149 Å². The van der Waals surface area contributed by atoms with Gasteiger partial charge in [-0.15, -0.1) is 0 Å². The summed E-state index contributed by atoms with van der Waals surface area (Å²) in [5.41, 5.74) is 1.70. The van der Waals surface area contributed by atoms with E-state index in [1.807, 2.05) is 54.6 Å². The van der Waals surface area contributed by atoms with Crippen LogP contribution in [0.2, 0.25) is 0 Å². The van der Waals surface area contributed by atoms with Crippen LogP contribution in [0.1, 0.15) is 35.2 Å². The van der Waals surface area contributed by atoms with Crippen molar-refractivity contribution in [3.8, 4) is 5.75 Å². The fourth-order valence-corrected chi connectivity index (χ4v) is 2.45. The van der Waals surface area contributed by atoms with Crippen LogP contribution in [0.25, 0.3) is 0 Å². The highest BCUT2D eigenvalue weighted by Crippen LogP contribution is 2.28. The third-order valence-corrected chi connectivity index (χ3v) is 4.17. The summed E-state index contributed by atoms with van der Waals surface area (Å²) in [6.07, 6.45) is 3.47. The van der Waals surface area contributed by atoms with Crippen molar-refractivity contribution in [3.05, 3.63) is 65.7 Å². The van der Waals surface area contributed by atoms with Crippen LogP contribution in [-0.2, 0) is 11.3 Å². The van der Waals surface area contributed by atoms with E-state index < -0.39 is 0 Å². The second kappa shape index (κ2) is 9.23. The van der Waals surface area contributed by atoms with Gasteiger partial charge >= 0.3 is 0 Å². The molecular formula is C21H25NO3. The molecule has 0 unspecified atom stereocenters. The van der Waals surface area contributed by atoms with Crippen molar-refractivity contribution in [3.63, 3.8) is 0 Å². The molecule has 4 nitrogen and oxygen atoms in total. The van der Waals surface area contributed by atoms with Crippen molar-refractivity contribution in [1.29, 1.82) is 0 Å². The van der Waals surface area contributed by atoms with Gasteiger partial charge in [-0.05, 0) is 55.0 Å². The van der Waals surface area contributed by atoms with E-state index in [9.17, 15) is 4.79 Å². The summed E-state index contributed by atoms with van der Waals surface area (Å²) in [4.78, 5) is 12.1. The van der Waals surface area contributed by atoms with Gasteiger partial charge in [0.1, 0.15) is 12.4 Å². The van der Waals surface area contributed by atoms with Crippen molar-refractivity contribution in [2.75, 3.05) is 19.8 Å². The Hall–Kier alpha value is -2.33. The topological polar surface area (TPSA) is 47.6 Å². The zero-order chi connectivity index (χ0) is 17.3. The van der Waals surface area contributed by atoms with Crippen LogP contribution in [0.5, 0.6) is 5.75 Å². The second-order valence-corrected chi connectivity index (χ2v) is 6.43. The van der Waals surface area contributed by atoms with Gasteiger partial charge in [0, 0.05) is 25.3 Å². The van der Waals surface area contributed by atoms with Crippen LogP contribution < -0.4 is 10.1 Å². The minimum atomic E-state index is -0.0438. The number of amides is 1. The van der Waals surface area contributed by atoms with Crippen LogP contribution in [0, 0.1) is 5.92 Å². The number of hydrogen-bond acceptors (Lipinski definition) is 3. The first kappa shape index (κ1) is 17.5. The molecule has 0 bridgehead atoms. The molecule has 0 aliphatic heterocycles. The summed E-state index contributed by atoms with van der Waals surface area (Å²) in [7, 11) is 0. The number of benzene rings is 2. The van der Waals surface area contributed by atoms with Crippen molar-refractivity contribution < 1.29 is 14.3 Å². The molecule has 1 amide bonds. The normalized spacial score (nSPS) is 13.4. The number of rotatable bonds is 10. The highest BCUT2D eigenvalue weighted by molar-refractivity contribution is 5.94. The van der Waals surface area contributed by atoms with Crippen molar-refractivity contribution >= 4 is 5.91 Å². The lowest BCUT2D eigenvalue weighted by atomic mass is 10.1. The molecule has 2 aromatic carbocycles. The summed E-state index contributed by atoms with van der Waals surface area (Å²) in [6.45, 7) is 2.72. The predicted molar refractivity (Wildman–Crippen MR) is 97.7 cm³/mol. The van der Waals surface area contributed by atoms with Gasteiger partial charge in [-0.3, -0.25) is 4.79 Å². The Bertz CT molecular complexity index is 651. The van der Waals surface area contributed by atoms with E-state index in [0.717, 1.165) is 30.3 Å². The van der Waals surface area contributed by atoms with Crippen LogP contribution in [0.3, 0.4) is 0 Å². The number of nitrogens with one attached hydrogen (secondary N) is 1. The SMILES string of the molecule is O=C(NCCCOCC1CC1)c1ccc(COc2ccccc2)cc1. The standard InChI is InChI=1S/C21H25NO3/c23-21(22-13-4-14-24-15-17-7-8-17)19-11-9-18(10-12-19)16-25-20-5-2-1-3-6-20/h1-3,5-6,9-12,17H,4,7-8,13-16H2,(H,22,23). The average molecular weight is 339 g/mol. The van der Waals surface area contributed by atoms with Gasteiger partial charge < -0.3 is 14.8 Å². The quantitative estimate of drug-likeness (QED) is 0.670. The van der Waals surface area contributed by atoms with Gasteiger partial charge in [-0.1, -0.05) is 30.3 Å². The first-order valence-corrected chi connectivity index (χ1v) is 8.94. The average Bonchev–Trinajstić information content (AvgIpc) is 3.48. The van der Waals surface area contributed by atoms with Gasteiger partial charge in [0.25, 0.3) is 5.91 Å². The number of ether oxygens (including phenoxy) is 2. The lowest BCUT2D eigenvalue weighted by Crippen LogP contribution is -2.25. The molecule has 1 fully saturated rings. The molecule has 0 aromatic heterocycles. The molecule has 0 atom stereocenters. The monoisotopic (exact) mass is 339 g/mol. The Morgan fingerprint density at radius 2 is 1.80 bits per heavy atom. The predicted octanol–water partition coefficient (Wildman–Crippen LogP) is 3.81. The van der Waals surface area contributed by atoms with Crippen molar-refractivity contribution in [2.45, 2.75) is 25.9 Å². The fourth-order valence-electron chi connectivity index (χ4n) is 2.45. The van der Waals surface area contributed by atoms with Crippen molar-refractivity contribution in [1.82, 2.24) is 5.32 Å². The number of carbonyl (C=O) groups is 1. The van der Waals surface area contributed by atoms with E-state index in [4.69, 9.17) is 9.47 Å². The number of carbonyl (C=O) groups excluding carboxylic acids is 1. The van der Waals surface area contributed by atoms with E-state index in [2.05, 4.69) is 5.32 Å². The molecule has 0 spiro atoms. The summed E-state index contributed by atoms with van der Waals surface area (Å²) in [5.74, 6) is 1.59. The lowest BCUT2D eigenvalue weighted by molar-refractivity contribution is 0.0937. The smallest absolute Gasteiger partial charge is 0.251 e. The van der Waals surface area contributed by atoms with E-state index in [1.54, 1.807) is 0 Å². The zero-order valence-electron chi connectivity index (χ0n) is 14.4. The molecule has 132 valence electrons. The molecule has 1 aliphatic rings. The van der Waals surface area contributed by atoms with E-state index in [1.165, 1.54) is 12.8 Å². The van der Waals surface area contributed by atoms with Gasteiger partial charge in [-0.2, -0.15) is 0 Å². The molecule has 1 aliphatic carbocycles. The van der Waals surface area contributed by atoms with E-state index in [-0.39, 0.29) is 5.91 Å². The molecule has 0 radical (unpaired) electrons. The first-order chi connectivity index (χ1) is 12.3. The third kappa shape index (κ3) is 6.24. The molecule has 1 saturated carbocycles. The summed E-state index contributed by atoms with van der Waals surface area (Å²) < 4.78 is 11.3. The lowest BCUT2D eigenvalue weighted by Gasteiger charge is -2.08. The van der Waals surface area contributed by atoms with Gasteiger partial charge in [-0.25, -0.2) is 0 Å². The first-order valence-electron chi connectivity index (χ1n) is 8.94. The second-order valence-electron chi connectivity index (χ2n) is 6.43. The minimum absolute atomic E-state index is 0.0438. The molecule has 0 heterocycles. The molecule has 2 aromatic rings. The van der Waals surface area contributed by atoms with Gasteiger partial charge in [0.15, 0.2) is 0 Å². The Morgan fingerprint density at radius 3 is 2.52 bits per heavy atom. The maximum Gasteiger partial charge on any atom is 0.251 e. The van der Waals surface area contributed by atoms with Crippen molar-refractivity contribution in [2.24, 2.45) is 5.92 Å². The Morgan fingerprint density at radius 1 is 1.04 bits per heavy atom. The zero-order valence-corrected chi connectivity index (χ0v) is 14.4. The molecule has 4 heteroatoms. The number of hydrogen-bond donors (Lipinski definition) is 1. The van der Waals surface area contributed by atoms with E-state index in [0.29, 0.717) is 25.3 Å². The Kier molecular flexibility index (Phi) is 6.46. The summed E-state index contributed by atoms with van der Waals surface area (Å²) in [6, 6.07) is 17.2. The molecule has 25 heavy (non-hydrogen) atoms. The van der Waals surface area contributed by atoms with Crippen LogP contribution in [0.15, 0.2) is 54.6 Å². The summed E-state index contributed by atoms with van der Waals surface area (Å²) in [5, 5.41) is 2.93. The van der Waals surface area contributed by atoms with Gasteiger partial charge in [0.05, 0.1) is 0 Å². The van der Waals surface area contributed by atoms with Crippen LogP contribution in [0.4, 0.5) is 0 Å². The minimum Gasteiger partial charge on any atom is -0.489 e. The summed E-state index contributed by atoms with van der Waals surface area (Å²) >= 11 is 0.